The highest BCUT2D eigenvalue weighted by Gasteiger charge is 2.25. The number of amides is 2. The monoisotopic (exact) mass is 228 g/mol. The number of aliphatic hydroxyl groups is 1. The third-order valence-electron chi connectivity index (χ3n) is 3.17. The molecule has 1 heterocycles. The zero-order chi connectivity index (χ0) is 12.1. The van der Waals surface area contributed by atoms with E-state index in [1.165, 1.54) is 0 Å². The van der Waals surface area contributed by atoms with Crippen LogP contribution in [0, 0.1) is 11.8 Å². The Morgan fingerprint density at radius 2 is 1.94 bits per heavy atom. The van der Waals surface area contributed by atoms with Crippen LogP contribution in [-0.4, -0.2) is 41.8 Å². The molecule has 4 nitrogen and oxygen atoms in total. The molecule has 16 heavy (non-hydrogen) atoms. The van der Waals surface area contributed by atoms with Gasteiger partial charge in [-0.2, -0.15) is 0 Å². The summed E-state index contributed by atoms with van der Waals surface area (Å²) < 4.78 is 0. The molecule has 0 aromatic heterocycles. The maximum absolute atomic E-state index is 11.7. The van der Waals surface area contributed by atoms with E-state index < -0.39 is 0 Å². The lowest BCUT2D eigenvalue weighted by Crippen LogP contribution is -2.46. The number of urea groups is 1. The van der Waals surface area contributed by atoms with Gasteiger partial charge in [0.1, 0.15) is 0 Å². The first-order chi connectivity index (χ1) is 7.50. The summed E-state index contributed by atoms with van der Waals surface area (Å²) in [6, 6.07) is 0.0396. The van der Waals surface area contributed by atoms with Gasteiger partial charge in [0.25, 0.3) is 0 Å². The highest BCUT2D eigenvalue weighted by atomic mass is 16.3. The molecule has 0 aliphatic carbocycles. The van der Waals surface area contributed by atoms with Gasteiger partial charge in [0.15, 0.2) is 0 Å². The van der Waals surface area contributed by atoms with Gasteiger partial charge in [-0.15, -0.1) is 0 Å². The van der Waals surface area contributed by atoms with Crippen molar-refractivity contribution in [3.8, 4) is 0 Å². The number of carbonyl (C=O) groups is 1. The lowest BCUT2D eigenvalue weighted by atomic mass is 9.92. The molecule has 94 valence electrons. The van der Waals surface area contributed by atoms with E-state index in [4.69, 9.17) is 0 Å². The van der Waals surface area contributed by atoms with Gasteiger partial charge in [0.2, 0.25) is 0 Å². The smallest absolute Gasteiger partial charge is 0.317 e. The molecule has 1 aliphatic rings. The molecule has 1 atom stereocenters. The Bertz CT molecular complexity index is 221. The van der Waals surface area contributed by atoms with Crippen molar-refractivity contribution in [2.75, 3.05) is 19.6 Å². The summed E-state index contributed by atoms with van der Waals surface area (Å²) in [5, 5.41) is 12.4. The number of nitrogens with one attached hydrogen (secondary N) is 1. The number of rotatable bonds is 3. The van der Waals surface area contributed by atoms with Crippen LogP contribution >= 0.6 is 0 Å². The van der Waals surface area contributed by atoms with Crippen LogP contribution in [0.15, 0.2) is 0 Å². The minimum atomic E-state index is -0.249. The van der Waals surface area contributed by atoms with Gasteiger partial charge in [-0.05, 0) is 31.6 Å². The molecule has 2 amide bonds. The van der Waals surface area contributed by atoms with Crippen molar-refractivity contribution in [2.24, 2.45) is 11.8 Å². The molecule has 4 heteroatoms. The molecule has 0 aromatic carbocycles. The van der Waals surface area contributed by atoms with Crippen LogP contribution in [-0.2, 0) is 0 Å². The first-order valence-electron chi connectivity index (χ1n) is 6.21. The second-order valence-electron chi connectivity index (χ2n) is 5.14. The van der Waals surface area contributed by atoms with Crippen LogP contribution in [0.2, 0.25) is 0 Å². The highest BCUT2D eigenvalue weighted by Crippen LogP contribution is 2.20. The largest absolute Gasteiger partial charge is 0.393 e. The fourth-order valence-corrected chi connectivity index (χ4v) is 1.99. The van der Waals surface area contributed by atoms with Crippen molar-refractivity contribution < 1.29 is 9.90 Å². The van der Waals surface area contributed by atoms with Crippen LogP contribution in [0.5, 0.6) is 0 Å². The number of likely N-dealkylation sites (tertiary alicyclic amines) is 1. The Morgan fingerprint density at radius 3 is 2.38 bits per heavy atom. The number of piperidine rings is 1. The summed E-state index contributed by atoms with van der Waals surface area (Å²) in [6.45, 7) is 8.26. The van der Waals surface area contributed by atoms with Crippen LogP contribution in [0.1, 0.15) is 33.6 Å². The first kappa shape index (κ1) is 13.3. The molecule has 0 saturated carbocycles. The zero-order valence-electron chi connectivity index (χ0n) is 10.6. The summed E-state index contributed by atoms with van der Waals surface area (Å²) in [5.74, 6) is 0.841. The van der Waals surface area contributed by atoms with Crippen molar-refractivity contribution in [3.63, 3.8) is 0 Å². The fourth-order valence-electron chi connectivity index (χ4n) is 1.99. The van der Waals surface area contributed by atoms with Gasteiger partial charge in [0.05, 0.1) is 6.10 Å². The van der Waals surface area contributed by atoms with Gasteiger partial charge in [0, 0.05) is 19.6 Å². The van der Waals surface area contributed by atoms with Gasteiger partial charge in [-0.25, -0.2) is 4.79 Å². The summed E-state index contributed by atoms with van der Waals surface area (Å²) >= 11 is 0. The standard InChI is InChI=1S/C12H24N2O2/c1-9(2)8-13-12(16)14-6-4-11(5-7-14)10(3)15/h9-11,15H,4-8H2,1-3H3,(H,13,16). The highest BCUT2D eigenvalue weighted by molar-refractivity contribution is 5.74. The second-order valence-corrected chi connectivity index (χ2v) is 5.14. The molecule has 1 saturated heterocycles. The fraction of sp³-hybridized carbons (Fsp3) is 0.917. The molecule has 0 aromatic rings. The van der Waals surface area contributed by atoms with E-state index in [-0.39, 0.29) is 12.1 Å². The van der Waals surface area contributed by atoms with E-state index >= 15 is 0 Å². The molecule has 0 bridgehead atoms. The molecule has 1 rings (SSSR count). The topological polar surface area (TPSA) is 52.6 Å². The predicted octanol–water partition coefficient (Wildman–Crippen LogP) is 1.44. The van der Waals surface area contributed by atoms with Gasteiger partial charge >= 0.3 is 6.03 Å². The SMILES string of the molecule is CC(C)CNC(=O)N1CCC(C(C)O)CC1. The molecule has 1 aliphatic heterocycles. The van der Waals surface area contributed by atoms with Gasteiger partial charge < -0.3 is 15.3 Å². The zero-order valence-corrected chi connectivity index (χ0v) is 10.6. The number of hydrogen-bond acceptors (Lipinski definition) is 2. The molecule has 1 fully saturated rings. The van der Waals surface area contributed by atoms with E-state index in [1.807, 2.05) is 11.8 Å². The Balaban J connectivity index is 2.27. The molecule has 0 radical (unpaired) electrons. The third kappa shape index (κ3) is 4.00. The van der Waals surface area contributed by atoms with Crippen molar-refractivity contribution in [1.29, 1.82) is 0 Å². The number of hydrogen-bond donors (Lipinski definition) is 2. The lowest BCUT2D eigenvalue weighted by molar-refractivity contribution is 0.0797. The Morgan fingerprint density at radius 1 is 1.38 bits per heavy atom. The summed E-state index contributed by atoms with van der Waals surface area (Å²) in [6.07, 6.45) is 1.57. The van der Waals surface area contributed by atoms with Crippen molar-refractivity contribution in [1.82, 2.24) is 10.2 Å². The second kappa shape index (κ2) is 6.09. The lowest BCUT2D eigenvalue weighted by Gasteiger charge is -2.33. The molecule has 1 unspecified atom stereocenters. The minimum absolute atomic E-state index is 0.0396. The molecular weight excluding hydrogens is 204 g/mol. The van der Waals surface area contributed by atoms with Crippen LogP contribution in [0.3, 0.4) is 0 Å². The van der Waals surface area contributed by atoms with E-state index in [1.54, 1.807) is 0 Å². The van der Waals surface area contributed by atoms with E-state index in [2.05, 4.69) is 19.2 Å². The Hall–Kier alpha value is -0.770. The van der Waals surface area contributed by atoms with Crippen molar-refractivity contribution in [2.45, 2.75) is 39.7 Å². The summed E-state index contributed by atoms with van der Waals surface area (Å²) in [7, 11) is 0. The van der Waals surface area contributed by atoms with Gasteiger partial charge in [-0.1, -0.05) is 13.8 Å². The maximum atomic E-state index is 11.7. The number of aliphatic hydroxyl groups excluding tert-OH is 1. The first-order valence-corrected chi connectivity index (χ1v) is 6.21. The predicted molar refractivity (Wildman–Crippen MR) is 64.2 cm³/mol. The summed E-state index contributed by atoms with van der Waals surface area (Å²) in [4.78, 5) is 13.6. The average Bonchev–Trinajstić information content (AvgIpc) is 2.26. The van der Waals surface area contributed by atoms with E-state index in [0.29, 0.717) is 11.8 Å². The van der Waals surface area contributed by atoms with Crippen molar-refractivity contribution in [3.05, 3.63) is 0 Å². The Kier molecular flexibility index (Phi) is 5.06. The summed E-state index contributed by atoms with van der Waals surface area (Å²) in [5.41, 5.74) is 0. The normalized spacial score (nSPS) is 19.9. The maximum Gasteiger partial charge on any atom is 0.317 e. The quantitative estimate of drug-likeness (QED) is 0.768. The third-order valence-corrected chi connectivity index (χ3v) is 3.17. The van der Waals surface area contributed by atoms with Crippen LogP contribution < -0.4 is 5.32 Å². The van der Waals surface area contributed by atoms with E-state index in [0.717, 1.165) is 32.5 Å². The number of nitrogens with zero attached hydrogens (tertiary/aromatic N) is 1. The van der Waals surface area contributed by atoms with Crippen LogP contribution in [0.4, 0.5) is 4.79 Å². The van der Waals surface area contributed by atoms with Gasteiger partial charge in [-0.3, -0.25) is 0 Å². The minimum Gasteiger partial charge on any atom is -0.393 e. The molecule has 2 N–H and O–H groups in total. The average molecular weight is 228 g/mol. The van der Waals surface area contributed by atoms with Crippen molar-refractivity contribution >= 4 is 6.03 Å². The Labute approximate surface area is 98.0 Å². The molecular formula is C12H24N2O2. The molecule has 0 spiro atoms. The number of carbonyl (C=O) groups excluding carboxylic acids is 1. The van der Waals surface area contributed by atoms with E-state index in [9.17, 15) is 9.90 Å². The van der Waals surface area contributed by atoms with Crippen LogP contribution in [0.25, 0.3) is 0 Å².